The van der Waals surface area contributed by atoms with Gasteiger partial charge in [-0.15, -0.1) is 0 Å². The number of aryl methyl sites for hydroxylation is 2. The highest BCUT2D eigenvalue weighted by Gasteiger charge is 2.18. The molecule has 0 unspecified atom stereocenters. The Morgan fingerprint density at radius 3 is 1.67 bits per heavy atom. The number of fused-ring (bicyclic) bond motifs is 4. The van der Waals surface area contributed by atoms with Gasteiger partial charge in [0.25, 0.3) is 0 Å². The number of phenols is 1. The Kier molecular flexibility index (Phi) is 15.3. The lowest BCUT2D eigenvalue weighted by molar-refractivity contribution is 0.254. The third-order valence-electron chi connectivity index (χ3n) is 11.8. The molecule has 67 heavy (non-hydrogen) atoms. The number of nitrogens with zero attached hydrogens (tertiary/aromatic N) is 6. The molecule has 0 radical (unpaired) electrons. The van der Waals surface area contributed by atoms with Crippen LogP contribution in [0.1, 0.15) is 49.9 Å². The van der Waals surface area contributed by atoms with Gasteiger partial charge in [0.2, 0.25) is 5.88 Å². The first-order valence-corrected chi connectivity index (χ1v) is 22.9. The number of aromatic nitrogens is 6. The van der Waals surface area contributed by atoms with Gasteiger partial charge in [-0.1, -0.05) is 11.6 Å². The topological polar surface area (TPSA) is 156 Å². The van der Waals surface area contributed by atoms with E-state index in [0.717, 1.165) is 53.7 Å². The van der Waals surface area contributed by atoms with E-state index in [1.54, 1.807) is 50.6 Å². The van der Waals surface area contributed by atoms with Gasteiger partial charge in [-0.2, -0.15) is 0 Å². The molecule has 8 aromatic rings. The lowest BCUT2D eigenvalue weighted by Gasteiger charge is -2.16. The van der Waals surface area contributed by atoms with E-state index in [9.17, 15) is 4.39 Å². The molecule has 0 aliphatic carbocycles. The summed E-state index contributed by atoms with van der Waals surface area (Å²) in [6.07, 6.45) is 10.0. The fourth-order valence-corrected chi connectivity index (χ4v) is 8.61. The number of rotatable bonds is 14. The Hall–Kier alpha value is -6.49. The van der Waals surface area contributed by atoms with E-state index in [0.29, 0.717) is 68.6 Å². The molecule has 6 heterocycles. The second-order valence-electron chi connectivity index (χ2n) is 16.6. The van der Waals surface area contributed by atoms with E-state index >= 15 is 4.39 Å². The van der Waals surface area contributed by atoms with Crippen molar-refractivity contribution in [2.75, 3.05) is 66.7 Å². The molecule has 0 atom stereocenters. The minimum Gasteiger partial charge on any atom is -0.505 e. The van der Waals surface area contributed by atoms with Gasteiger partial charge in [0.15, 0.2) is 46.1 Å². The van der Waals surface area contributed by atoms with E-state index < -0.39 is 11.6 Å². The quantitative estimate of drug-likeness (QED) is 0.0702. The number of phenolic OH excluding ortho intramolecular Hbond substituents is 1. The molecular formula is C50H55ClF2N8O6. The molecule has 17 heteroatoms. The second kappa shape index (κ2) is 21.9. The number of hydrogen-bond donors (Lipinski definition) is 3. The number of halogens is 3. The van der Waals surface area contributed by atoms with Crippen LogP contribution >= 0.6 is 11.6 Å². The van der Waals surface area contributed by atoms with Crippen LogP contribution in [-0.4, -0.2) is 112 Å². The zero-order chi connectivity index (χ0) is 46.9. The molecule has 4 aromatic carbocycles. The maximum absolute atomic E-state index is 15.0. The van der Waals surface area contributed by atoms with Gasteiger partial charge in [0.05, 0.1) is 43.9 Å². The Labute approximate surface area is 392 Å². The van der Waals surface area contributed by atoms with Crippen LogP contribution in [0.3, 0.4) is 0 Å². The smallest absolute Gasteiger partial charge is 0.230 e. The molecule has 14 nitrogen and oxygen atoms in total. The summed E-state index contributed by atoms with van der Waals surface area (Å²) in [6.45, 7) is 11.9. The fourth-order valence-electron chi connectivity index (χ4n) is 8.42. The van der Waals surface area contributed by atoms with Crippen LogP contribution in [-0.2, 0) is 0 Å². The summed E-state index contributed by atoms with van der Waals surface area (Å²) in [6, 6.07) is 17.1. The van der Waals surface area contributed by atoms with Crippen molar-refractivity contribution in [3.05, 3.63) is 101 Å². The molecule has 0 amide bonds. The normalized spacial score (nSPS) is 14.0. The average Bonchev–Trinajstić information content (AvgIpc) is 4.18. The lowest BCUT2D eigenvalue weighted by Crippen LogP contribution is -2.21. The van der Waals surface area contributed by atoms with Crippen molar-refractivity contribution in [1.29, 1.82) is 0 Å². The SMILES string of the molecule is COc1cc2c(Cl)ncnc2cc1OCCCN1CCCC1.COc1cc2c(Oc3ccc4[nH]c(C)cc4c3F)ncnc2cc1OCCCN1CCCC1.Cc1cc2c(F)c(O)ccc2[nH]1. The van der Waals surface area contributed by atoms with Crippen molar-refractivity contribution < 1.29 is 37.6 Å². The number of benzene rings is 4. The van der Waals surface area contributed by atoms with Gasteiger partial charge in [-0.25, -0.2) is 28.7 Å². The molecule has 2 aliphatic rings. The van der Waals surface area contributed by atoms with Gasteiger partial charge in [0.1, 0.15) is 17.8 Å². The van der Waals surface area contributed by atoms with Crippen LogP contribution in [0.15, 0.2) is 73.3 Å². The summed E-state index contributed by atoms with van der Waals surface area (Å²) >= 11 is 6.08. The Morgan fingerprint density at radius 1 is 0.597 bits per heavy atom. The minimum atomic E-state index is -0.558. The van der Waals surface area contributed by atoms with Crippen LogP contribution in [0, 0.1) is 25.5 Å². The summed E-state index contributed by atoms with van der Waals surface area (Å²) < 4.78 is 56.9. The number of likely N-dealkylation sites (tertiary alicyclic amines) is 2. The van der Waals surface area contributed by atoms with Crippen molar-refractivity contribution in [3.8, 4) is 40.4 Å². The van der Waals surface area contributed by atoms with E-state index in [-0.39, 0.29) is 17.4 Å². The largest absolute Gasteiger partial charge is 0.505 e. The maximum atomic E-state index is 15.0. The minimum absolute atomic E-state index is 0.0997. The summed E-state index contributed by atoms with van der Waals surface area (Å²) in [7, 11) is 3.21. The third-order valence-corrected chi connectivity index (χ3v) is 12.1. The number of methoxy groups -OCH3 is 2. The van der Waals surface area contributed by atoms with Crippen LogP contribution in [0.4, 0.5) is 8.78 Å². The Morgan fingerprint density at radius 2 is 1.10 bits per heavy atom. The monoisotopic (exact) mass is 936 g/mol. The van der Waals surface area contributed by atoms with Crippen LogP contribution in [0.2, 0.25) is 5.15 Å². The zero-order valence-corrected chi connectivity index (χ0v) is 38.9. The molecule has 0 spiro atoms. The Balaban J connectivity index is 0.000000153. The molecule has 10 rings (SSSR count). The summed E-state index contributed by atoms with van der Waals surface area (Å²) in [5.41, 5.74) is 4.59. The van der Waals surface area contributed by atoms with Gasteiger partial charge in [-0.3, -0.25) is 0 Å². The van der Waals surface area contributed by atoms with Gasteiger partial charge < -0.3 is 48.6 Å². The first-order chi connectivity index (χ1) is 32.6. The summed E-state index contributed by atoms with van der Waals surface area (Å²) in [4.78, 5) is 27.9. The van der Waals surface area contributed by atoms with Gasteiger partial charge >= 0.3 is 0 Å². The van der Waals surface area contributed by atoms with Crippen LogP contribution in [0.25, 0.3) is 43.6 Å². The van der Waals surface area contributed by atoms with Crippen LogP contribution < -0.4 is 23.7 Å². The van der Waals surface area contributed by atoms with Crippen LogP contribution in [0.5, 0.6) is 40.4 Å². The third kappa shape index (κ3) is 11.4. The van der Waals surface area contributed by atoms with E-state index in [2.05, 4.69) is 39.7 Å². The predicted molar refractivity (Wildman–Crippen MR) is 256 cm³/mol. The first kappa shape index (κ1) is 47.0. The van der Waals surface area contributed by atoms with Crippen molar-refractivity contribution in [2.24, 2.45) is 0 Å². The number of aromatic amines is 2. The maximum Gasteiger partial charge on any atom is 0.230 e. The number of H-pyrrole nitrogens is 2. The number of aromatic hydroxyl groups is 1. The number of ether oxygens (including phenoxy) is 5. The second-order valence-corrected chi connectivity index (χ2v) is 16.9. The summed E-state index contributed by atoms with van der Waals surface area (Å²) in [5.74, 6) is 1.59. The molecule has 0 saturated carbocycles. The molecule has 3 N–H and O–H groups in total. The van der Waals surface area contributed by atoms with Gasteiger partial charge in [0, 0.05) is 63.8 Å². The highest BCUT2D eigenvalue weighted by molar-refractivity contribution is 6.34. The van der Waals surface area contributed by atoms with Crippen molar-refractivity contribution in [2.45, 2.75) is 52.4 Å². The molecule has 0 bridgehead atoms. The van der Waals surface area contributed by atoms with Crippen molar-refractivity contribution >= 4 is 55.2 Å². The predicted octanol–water partition coefficient (Wildman–Crippen LogP) is 10.7. The Bertz CT molecular complexity index is 2960. The molecule has 352 valence electrons. The molecule has 2 aliphatic heterocycles. The highest BCUT2D eigenvalue weighted by Crippen LogP contribution is 2.38. The fraction of sp³-hybridized carbons (Fsp3) is 0.360. The number of nitrogens with one attached hydrogen (secondary N) is 2. The molecular weight excluding hydrogens is 882 g/mol. The van der Waals surface area contributed by atoms with E-state index in [1.165, 1.54) is 70.6 Å². The van der Waals surface area contributed by atoms with E-state index in [4.69, 9.17) is 40.4 Å². The summed E-state index contributed by atoms with van der Waals surface area (Å²) in [5, 5.41) is 11.8. The van der Waals surface area contributed by atoms with Crippen molar-refractivity contribution in [3.63, 3.8) is 0 Å². The van der Waals surface area contributed by atoms with Crippen molar-refractivity contribution in [1.82, 2.24) is 39.7 Å². The first-order valence-electron chi connectivity index (χ1n) is 22.5. The average molecular weight is 937 g/mol. The molecule has 2 saturated heterocycles. The molecule has 2 fully saturated rings. The van der Waals surface area contributed by atoms with E-state index in [1.807, 2.05) is 32.0 Å². The highest BCUT2D eigenvalue weighted by atomic mass is 35.5. The van der Waals surface area contributed by atoms with Gasteiger partial charge in [-0.05, 0) is 127 Å². The zero-order valence-electron chi connectivity index (χ0n) is 38.1. The standard InChI is InChI=1S/C25H27FN4O3.C16H20ClN3O2.C9H8FNO/c1-16-12-17-19(29-16)6-7-21(24(17)26)33-25-18-13-22(31-2)23(14-20(18)27-15-28-25)32-11-5-10-30-8-3-4-9-30;1-21-14-9-12-13(18-11-19-16(12)17)10-15(14)22-8-4-7-20-5-2-3-6-20;1-5-4-6-7(11-5)2-3-8(12)9(6)10/h6-7,12-15,29H,3-5,8-11H2,1-2H3;9-11H,2-8H2,1H3;2-4,11-12H,1H3. The molecule has 4 aromatic heterocycles. The lowest BCUT2D eigenvalue weighted by atomic mass is 10.2. The number of hydrogen-bond acceptors (Lipinski definition) is 12.